The molecule has 1 heterocycles. The Morgan fingerprint density at radius 2 is 1.50 bits per heavy atom. The summed E-state index contributed by atoms with van der Waals surface area (Å²) < 4.78 is 15.6. The zero-order valence-electron chi connectivity index (χ0n) is 28.3. The van der Waals surface area contributed by atoms with E-state index in [1.807, 2.05) is 47.3 Å². The molecule has 0 saturated carbocycles. The topological polar surface area (TPSA) is 104 Å². The highest BCUT2D eigenvalue weighted by atomic mass is 79.9. The summed E-state index contributed by atoms with van der Waals surface area (Å²) in [5.41, 5.74) is 13.2. The van der Waals surface area contributed by atoms with E-state index in [0.29, 0.717) is 32.0 Å². The monoisotopic (exact) mass is 780 g/mol. The van der Waals surface area contributed by atoms with Gasteiger partial charge in [0, 0.05) is 43.5 Å². The molecule has 2 N–H and O–H groups in total. The highest BCUT2D eigenvalue weighted by Gasteiger charge is 2.09. The van der Waals surface area contributed by atoms with Crippen molar-refractivity contribution in [1.29, 1.82) is 5.53 Å². The lowest BCUT2D eigenvalue weighted by Gasteiger charge is -2.12. The van der Waals surface area contributed by atoms with Crippen LogP contribution in [0.15, 0.2) is 87.1 Å². The van der Waals surface area contributed by atoms with Crippen molar-refractivity contribution >= 4 is 37.6 Å². The summed E-state index contributed by atoms with van der Waals surface area (Å²) in [6.45, 7) is 4.76. The maximum absolute atomic E-state index is 7.79. The summed E-state index contributed by atoms with van der Waals surface area (Å²) in [4.78, 5) is 4.31. The number of hydrogen-bond acceptors (Lipinski definition) is 9. The van der Waals surface area contributed by atoms with Crippen LogP contribution in [0.25, 0.3) is 17.0 Å². The highest BCUT2D eigenvalue weighted by Crippen LogP contribution is 2.28. The van der Waals surface area contributed by atoms with Gasteiger partial charge in [0.05, 0.1) is 28.4 Å². The molecule has 3 aromatic carbocycles. The fourth-order valence-corrected chi connectivity index (χ4v) is 6.03. The largest absolute Gasteiger partial charge is 0.492 e. The SMILES string of the molecule is CN(C)CCCOc1ccc(CCN/C=C(\N=N)c2cccc(-c3cn(CCc4ccc(OCCCN(C)C)c(Br)c4)nn3)c2)cc1Br. The molecule has 48 heavy (non-hydrogen) atoms. The number of hydrogen-bond donors (Lipinski definition) is 2. The zero-order chi connectivity index (χ0) is 34.3. The normalized spacial score (nSPS) is 11.7. The van der Waals surface area contributed by atoms with Gasteiger partial charge < -0.3 is 24.6 Å². The molecule has 4 aromatic rings. The number of rotatable bonds is 20. The predicted octanol–water partition coefficient (Wildman–Crippen LogP) is 7.54. The van der Waals surface area contributed by atoms with E-state index in [1.54, 1.807) is 6.20 Å². The van der Waals surface area contributed by atoms with Crippen LogP contribution in [0, 0.1) is 5.53 Å². The second-order valence-corrected chi connectivity index (χ2v) is 13.8. The first-order valence-corrected chi connectivity index (χ1v) is 17.7. The summed E-state index contributed by atoms with van der Waals surface area (Å²) in [6.07, 6.45) is 7.33. The van der Waals surface area contributed by atoms with Crippen LogP contribution in [0.5, 0.6) is 11.5 Å². The molecule has 0 fully saturated rings. The molecule has 4 rings (SSSR count). The first-order valence-electron chi connectivity index (χ1n) is 16.2. The lowest BCUT2D eigenvalue weighted by molar-refractivity contribution is 0.280. The van der Waals surface area contributed by atoms with Crippen molar-refractivity contribution < 1.29 is 9.47 Å². The molecule has 0 aliphatic rings. The fraction of sp³-hybridized carbons (Fsp3) is 0.389. The second kappa shape index (κ2) is 19.4. The van der Waals surface area contributed by atoms with E-state index in [9.17, 15) is 0 Å². The minimum Gasteiger partial charge on any atom is -0.492 e. The zero-order valence-corrected chi connectivity index (χ0v) is 31.4. The quantitative estimate of drug-likeness (QED) is 0.0706. The van der Waals surface area contributed by atoms with Gasteiger partial charge in [-0.2, -0.15) is 5.11 Å². The smallest absolute Gasteiger partial charge is 0.133 e. The van der Waals surface area contributed by atoms with Crippen molar-refractivity contribution in [2.45, 2.75) is 32.2 Å². The van der Waals surface area contributed by atoms with Crippen LogP contribution in [0.3, 0.4) is 0 Å². The predicted molar refractivity (Wildman–Crippen MR) is 200 cm³/mol. The first kappa shape index (κ1) is 37.2. The van der Waals surface area contributed by atoms with Crippen LogP contribution >= 0.6 is 31.9 Å². The summed E-state index contributed by atoms with van der Waals surface area (Å²) in [6, 6.07) is 20.3. The minimum atomic E-state index is 0.544. The Morgan fingerprint density at radius 3 is 2.08 bits per heavy atom. The summed E-state index contributed by atoms with van der Waals surface area (Å²) in [7, 11) is 8.26. The van der Waals surface area contributed by atoms with Crippen LogP contribution in [-0.4, -0.2) is 85.8 Å². The molecule has 0 amide bonds. The van der Waals surface area contributed by atoms with Crippen molar-refractivity contribution in [3.05, 3.63) is 98.7 Å². The summed E-state index contributed by atoms with van der Waals surface area (Å²) >= 11 is 7.29. The number of nitrogens with one attached hydrogen (secondary N) is 2. The highest BCUT2D eigenvalue weighted by molar-refractivity contribution is 9.10. The Hall–Kier alpha value is -3.58. The first-order chi connectivity index (χ1) is 23.2. The Balaban J connectivity index is 1.27. The van der Waals surface area contributed by atoms with Crippen molar-refractivity contribution in [2.24, 2.45) is 5.11 Å². The lowest BCUT2D eigenvalue weighted by atomic mass is 10.1. The van der Waals surface area contributed by atoms with Crippen molar-refractivity contribution in [3.8, 4) is 22.8 Å². The number of benzene rings is 3. The third kappa shape index (κ3) is 12.1. The molecular formula is C36H46Br2N8O2. The Labute approximate surface area is 301 Å². The molecule has 0 spiro atoms. The standard InChI is InChI=1S/C36H46Br2N8O2/c1-44(2)17-6-20-47-35-12-10-27(22-31(35)37)14-16-40-25-33(41-39)29-8-5-9-30(24-29)34-26-46(43-42-34)19-15-28-11-13-36(32(38)23-28)48-21-7-18-45(3)4/h5,8-13,22-26,39-40H,6-7,14-21H2,1-4H3/b33-25-,41-39?. The van der Waals surface area contributed by atoms with E-state index >= 15 is 0 Å². The van der Waals surface area contributed by atoms with Gasteiger partial charge in [0.2, 0.25) is 0 Å². The van der Waals surface area contributed by atoms with Crippen LogP contribution < -0.4 is 14.8 Å². The van der Waals surface area contributed by atoms with Gasteiger partial charge in [-0.1, -0.05) is 35.5 Å². The van der Waals surface area contributed by atoms with E-state index in [0.717, 1.165) is 76.0 Å². The van der Waals surface area contributed by atoms with E-state index < -0.39 is 0 Å². The Bertz CT molecular complexity index is 1640. The van der Waals surface area contributed by atoms with Gasteiger partial charge in [-0.05, 0) is 127 Å². The fourth-order valence-electron chi connectivity index (χ4n) is 4.95. The maximum atomic E-state index is 7.79. The molecular weight excluding hydrogens is 736 g/mol. The third-order valence-corrected chi connectivity index (χ3v) is 8.79. The average Bonchev–Trinajstić information content (AvgIpc) is 3.55. The Morgan fingerprint density at radius 1 is 0.875 bits per heavy atom. The number of aryl methyl sites for hydroxylation is 2. The van der Waals surface area contributed by atoms with Gasteiger partial charge in [-0.15, -0.1) is 5.10 Å². The van der Waals surface area contributed by atoms with Crippen molar-refractivity contribution in [1.82, 2.24) is 30.1 Å². The molecule has 0 radical (unpaired) electrons. The summed E-state index contributed by atoms with van der Waals surface area (Å²) in [5.74, 6) is 1.72. The van der Waals surface area contributed by atoms with Gasteiger partial charge in [-0.3, -0.25) is 4.68 Å². The molecule has 10 nitrogen and oxygen atoms in total. The number of nitrogens with zero attached hydrogens (tertiary/aromatic N) is 6. The van der Waals surface area contributed by atoms with E-state index in [-0.39, 0.29) is 0 Å². The molecule has 0 aliphatic heterocycles. The van der Waals surface area contributed by atoms with E-state index in [2.05, 4.69) is 115 Å². The maximum Gasteiger partial charge on any atom is 0.133 e. The number of halogens is 2. The average molecular weight is 783 g/mol. The van der Waals surface area contributed by atoms with Gasteiger partial charge >= 0.3 is 0 Å². The molecule has 12 heteroatoms. The van der Waals surface area contributed by atoms with Crippen LogP contribution in [0.2, 0.25) is 0 Å². The molecule has 0 atom stereocenters. The molecule has 0 saturated heterocycles. The lowest BCUT2D eigenvalue weighted by Crippen LogP contribution is -2.15. The van der Waals surface area contributed by atoms with Gasteiger partial charge in [-0.25, -0.2) is 5.53 Å². The molecule has 256 valence electrons. The Kier molecular flexibility index (Phi) is 15.1. The van der Waals surface area contributed by atoms with Crippen molar-refractivity contribution in [3.63, 3.8) is 0 Å². The molecule has 1 aromatic heterocycles. The van der Waals surface area contributed by atoms with Gasteiger partial charge in [0.15, 0.2) is 0 Å². The summed E-state index contributed by atoms with van der Waals surface area (Å²) in [5, 5.41) is 15.9. The molecule has 0 aliphatic carbocycles. The van der Waals surface area contributed by atoms with Crippen LogP contribution in [0.4, 0.5) is 0 Å². The van der Waals surface area contributed by atoms with Gasteiger partial charge in [0.1, 0.15) is 22.9 Å². The van der Waals surface area contributed by atoms with E-state index in [1.165, 1.54) is 11.1 Å². The second-order valence-electron chi connectivity index (χ2n) is 12.1. The number of ether oxygens (including phenoxy) is 2. The van der Waals surface area contributed by atoms with Crippen LogP contribution in [-0.2, 0) is 19.4 Å². The third-order valence-electron chi connectivity index (χ3n) is 7.55. The van der Waals surface area contributed by atoms with Crippen molar-refractivity contribution in [2.75, 3.05) is 61.0 Å². The number of aromatic nitrogens is 3. The molecule has 0 bridgehead atoms. The van der Waals surface area contributed by atoms with Crippen LogP contribution in [0.1, 0.15) is 29.5 Å². The van der Waals surface area contributed by atoms with E-state index in [4.69, 9.17) is 15.0 Å². The van der Waals surface area contributed by atoms with Gasteiger partial charge in [0.25, 0.3) is 0 Å². The molecule has 0 unspecified atom stereocenters. The minimum absolute atomic E-state index is 0.544.